The van der Waals surface area contributed by atoms with Crippen molar-refractivity contribution in [2.24, 2.45) is 0 Å². The maximum Gasteiger partial charge on any atom is 0.348 e. The molecule has 0 spiro atoms. The van der Waals surface area contributed by atoms with Crippen LogP contribution in [0.15, 0.2) is 15.7 Å². The fourth-order valence-corrected chi connectivity index (χ4v) is 1.36. The van der Waals surface area contributed by atoms with Gasteiger partial charge in [-0.25, -0.2) is 4.79 Å². The van der Waals surface area contributed by atoms with Crippen LogP contribution in [-0.2, 0) is 9.59 Å². The molecule has 0 saturated heterocycles. The lowest BCUT2D eigenvalue weighted by atomic mass is 10.4. The third kappa shape index (κ3) is 2.08. The SMILES string of the molecule is CC(=O)N(C(C)=O)n1c(C)cc(=O)[nH]c1=O. The maximum atomic E-state index is 11.5. The summed E-state index contributed by atoms with van der Waals surface area (Å²) < 4.78 is 0.825. The predicted octanol–water partition coefficient (Wildman–Crippen LogP) is -1.12. The van der Waals surface area contributed by atoms with Crippen molar-refractivity contribution in [2.45, 2.75) is 20.8 Å². The van der Waals surface area contributed by atoms with Crippen molar-refractivity contribution < 1.29 is 9.59 Å². The summed E-state index contributed by atoms with van der Waals surface area (Å²) in [5.41, 5.74) is -1.19. The monoisotopic (exact) mass is 225 g/mol. The second kappa shape index (κ2) is 4.13. The van der Waals surface area contributed by atoms with Crippen LogP contribution in [0.3, 0.4) is 0 Å². The maximum absolute atomic E-state index is 11.5. The Bertz CT molecular complexity index is 541. The highest BCUT2D eigenvalue weighted by molar-refractivity contribution is 6.06. The Morgan fingerprint density at radius 1 is 1.25 bits per heavy atom. The molecule has 7 nitrogen and oxygen atoms in total. The van der Waals surface area contributed by atoms with Gasteiger partial charge in [-0.15, -0.1) is 0 Å². The lowest BCUT2D eigenvalue weighted by Gasteiger charge is -2.20. The number of aryl methyl sites for hydroxylation is 1. The molecule has 0 aliphatic heterocycles. The first kappa shape index (κ1) is 11.9. The van der Waals surface area contributed by atoms with Gasteiger partial charge in [0.2, 0.25) is 11.8 Å². The molecular formula is C9H11N3O4. The second-order valence-corrected chi connectivity index (χ2v) is 3.24. The lowest BCUT2D eigenvalue weighted by molar-refractivity contribution is -0.126. The molecule has 1 rings (SSSR count). The van der Waals surface area contributed by atoms with E-state index in [-0.39, 0.29) is 5.69 Å². The summed E-state index contributed by atoms with van der Waals surface area (Å²) in [4.78, 5) is 46.9. The molecule has 0 aliphatic rings. The summed E-state index contributed by atoms with van der Waals surface area (Å²) in [6.45, 7) is 3.76. The molecule has 1 heterocycles. The van der Waals surface area contributed by atoms with Crippen molar-refractivity contribution in [3.8, 4) is 0 Å². The Morgan fingerprint density at radius 3 is 2.12 bits per heavy atom. The molecule has 0 saturated carbocycles. The largest absolute Gasteiger partial charge is 0.348 e. The highest BCUT2D eigenvalue weighted by atomic mass is 16.2. The summed E-state index contributed by atoms with van der Waals surface area (Å²) in [7, 11) is 0. The molecule has 1 aromatic heterocycles. The van der Waals surface area contributed by atoms with Gasteiger partial charge in [0.05, 0.1) is 0 Å². The number of nitrogens with zero attached hydrogens (tertiary/aromatic N) is 2. The van der Waals surface area contributed by atoms with Crippen LogP contribution in [0.4, 0.5) is 0 Å². The molecular weight excluding hydrogens is 214 g/mol. The van der Waals surface area contributed by atoms with E-state index < -0.39 is 23.1 Å². The number of amides is 2. The van der Waals surface area contributed by atoms with Gasteiger partial charge in [0.1, 0.15) is 0 Å². The number of H-pyrrole nitrogens is 1. The molecule has 7 heteroatoms. The Balaban J connectivity index is 3.54. The number of hydrogen-bond donors (Lipinski definition) is 1. The molecule has 16 heavy (non-hydrogen) atoms. The normalized spacial score (nSPS) is 9.94. The van der Waals surface area contributed by atoms with Gasteiger partial charge >= 0.3 is 5.69 Å². The lowest BCUT2D eigenvalue weighted by Crippen LogP contribution is -2.51. The zero-order valence-electron chi connectivity index (χ0n) is 9.10. The first-order chi connectivity index (χ1) is 7.34. The molecule has 0 radical (unpaired) electrons. The van der Waals surface area contributed by atoms with E-state index in [4.69, 9.17) is 0 Å². The highest BCUT2D eigenvalue weighted by Crippen LogP contribution is 1.94. The minimum absolute atomic E-state index is 0.208. The van der Waals surface area contributed by atoms with Crippen molar-refractivity contribution in [2.75, 3.05) is 5.01 Å². The van der Waals surface area contributed by atoms with Gasteiger partial charge in [-0.2, -0.15) is 9.69 Å². The summed E-state index contributed by atoms with van der Waals surface area (Å²) in [6, 6.07) is 1.13. The summed E-state index contributed by atoms with van der Waals surface area (Å²) in [6.07, 6.45) is 0. The van der Waals surface area contributed by atoms with E-state index in [9.17, 15) is 19.2 Å². The van der Waals surface area contributed by atoms with E-state index in [2.05, 4.69) is 0 Å². The first-order valence-electron chi connectivity index (χ1n) is 4.49. The van der Waals surface area contributed by atoms with Crippen molar-refractivity contribution in [1.29, 1.82) is 0 Å². The molecule has 0 aromatic carbocycles. The van der Waals surface area contributed by atoms with E-state index in [1.807, 2.05) is 4.98 Å². The molecule has 0 atom stereocenters. The third-order valence-electron chi connectivity index (χ3n) is 1.89. The average molecular weight is 225 g/mol. The zero-order chi connectivity index (χ0) is 12.5. The molecule has 1 N–H and O–H groups in total. The number of rotatable bonds is 1. The molecule has 0 aliphatic carbocycles. The first-order valence-corrected chi connectivity index (χ1v) is 4.49. The Labute approximate surface area is 90.3 Å². The number of carbonyl (C=O) groups excluding carboxylic acids is 2. The fourth-order valence-electron chi connectivity index (χ4n) is 1.36. The van der Waals surface area contributed by atoms with E-state index in [0.29, 0.717) is 5.01 Å². The number of nitrogens with one attached hydrogen (secondary N) is 1. The van der Waals surface area contributed by atoms with Crippen molar-refractivity contribution in [3.05, 3.63) is 32.6 Å². The van der Waals surface area contributed by atoms with Gasteiger partial charge in [-0.1, -0.05) is 0 Å². The second-order valence-electron chi connectivity index (χ2n) is 3.24. The van der Waals surface area contributed by atoms with Crippen LogP contribution in [0.5, 0.6) is 0 Å². The van der Waals surface area contributed by atoms with Gasteiger partial charge in [-0.3, -0.25) is 19.4 Å². The Kier molecular flexibility index (Phi) is 3.07. The third-order valence-corrected chi connectivity index (χ3v) is 1.89. The number of carbonyl (C=O) groups is 2. The van der Waals surface area contributed by atoms with Crippen LogP contribution in [-0.4, -0.2) is 21.5 Å². The number of hydrogen-bond acceptors (Lipinski definition) is 4. The van der Waals surface area contributed by atoms with E-state index in [1.165, 1.54) is 6.92 Å². The van der Waals surface area contributed by atoms with Crippen LogP contribution in [0.2, 0.25) is 0 Å². The van der Waals surface area contributed by atoms with Gasteiger partial charge in [0.25, 0.3) is 5.56 Å². The zero-order valence-corrected chi connectivity index (χ0v) is 9.10. The molecule has 86 valence electrons. The van der Waals surface area contributed by atoms with Crippen molar-refractivity contribution in [3.63, 3.8) is 0 Å². The number of imide groups is 1. The van der Waals surface area contributed by atoms with E-state index in [0.717, 1.165) is 24.6 Å². The molecule has 0 bridgehead atoms. The Morgan fingerprint density at radius 2 is 1.75 bits per heavy atom. The standard InChI is InChI=1S/C9H11N3O4/c1-5-4-8(15)10-9(16)11(5)12(6(2)13)7(3)14/h4H,1-3H3,(H,10,15,16). The smallest absolute Gasteiger partial charge is 0.273 e. The van der Waals surface area contributed by atoms with Crippen LogP contribution in [0.25, 0.3) is 0 Å². The van der Waals surface area contributed by atoms with Crippen LogP contribution >= 0.6 is 0 Å². The van der Waals surface area contributed by atoms with Crippen LogP contribution in [0.1, 0.15) is 19.5 Å². The molecule has 0 unspecified atom stereocenters. The minimum atomic E-state index is -0.824. The van der Waals surface area contributed by atoms with Crippen molar-refractivity contribution >= 4 is 11.8 Å². The van der Waals surface area contributed by atoms with Gasteiger partial charge < -0.3 is 0 Å². The Hall–Kier alpha value is -2.18. The number of aromatic amines is 1. The molecule has 2 amide bonds. The molecule has 1 aromatic rings. The summed E-state index contributed by atoms with van der Waals surface area (Å²) in [5.74, 6) is -1.21. The minimum Gasteiger partial charge on any atom is -0.273 e. The van der Waals surface area contributed by atoms with E-state index >= 15 is 0 Å². The summed E-state index contributed by atoms with van der Waals surface area (Å²) in [5, 5.41) is 0.660. The highest BCUT2D eigenvalue weighted by Gasteiger charge is 2.19. The average Bonchev–Trinajstić information content (AvgIpc) is 2.09. The van der Waals surface area contributed by atoms with Crippen LogP contribution in [0, 0.1) is 6.92 Å². The summed E-state index contributed by atoms with van der Waals surface area (Å²) >= 11 is 0. The predicted molar refractivity (Wildman–Crippen MR) is 55.6 cm³/mol. The van der Waals surface area contributed by atoms with E-state index in [1.54, 1.807) is 0 Å². The number of aromatic nitrogens is 2. The quantitative estimate of drug-likeness (QED) is 0.655. The van der Waals surface area contributed by atoms with Crippen LogP contribution < -0.4 is 16.3 Å². The topological polar surface area (TPSA) is 92.2 Å². The van der Waals surface area contributed by atoms with Gasteiger partial charge in [0, 0.05) is 25.6 Å². The molecule has 0 fully saturated rings. The van der Waals surface area contributed by atoms with Gasteiger partial charge in [0.15, 0.2) is 0 Å². The fraction of sp³-hybridized carbons (Fsp3) is 0.333. The van der Waals surface area contributed by atoms with Gasteiger partial charge in [-0.05, 0) is 6.92 Å². The van der Waals surface area contributed by atoms with Crippen molar-refractivity contribution in [1.82, 2.24) is 9.66 Å².